The molecule has 0 atom stereocenters. The van der Waals surface area contributed by atoms with E-state index in [-0.39, 0.29) is 5.41 Å². The first-order chi connectivity index (χ1) is 24.5. The second-order valence-electron chi connectivity index (χ2n) is 13.8. The highest BCUT2D eigenvalue weighted by Gasteiger charge is 2.37. The molecular weight excluding hydrogens is 625 g/mol. The third-order valence-corrected chi connectivity index (χ3v) is 11.6. The Balaban J connectivity index is 1.17. The predicted octanol–water partition coefficient (Wildman–Crippen LogP) is 13.0. The van der Waals surface area contributed by atoms with Crippen molar-refractivity contribution < 1.29 is 0 Å². The van der Waals surface area contributed by atoms with Crippen LogP contribution in [0.1, 0.15) is 25.0 Å². The van der Waals surface area contributed by atoms with Gasteiger partial charge in [-0.1, -0.05) is 135 Å². The lowest BCUT2D eigenvalue weighted by Gasteiger charge is -2.22. The lowest BCUT2D eigenvalue weighted by atomic mass is 9.81. The Morgan fingerprint density at radius 1 is 0.460 bits per heavy atom. The fourth-order valence-electron chi connectivity index (χ4n) is 8.00. The minimum Gasteiger partial charge on any atom is -0.228 e. The molecule has 0 amide bonds. The van der Waals surface area contributed by atoms with E-state index in [2.05, 4.69) is 166 Å². The van der Waals surface area contributed by atoms with Crippen LogP contribution in [0.15, 0.2) is 158 Å². The number of nitrogens with zero attached hydrogens (tertiary/aromatic N) is 2. The Bertz CT molecular complexity index is 2790. The van der Waals surface area contributed by atoms with E-state index in [9.17, 15) is 0 Å². The van der Waals surface area contributed by atoms with Gasteiger partial charge in [0.15, 0.2) is 5.82 Å². The maximum Gasteiger partial charge on any atom is 0.160 e. The van der Waals surface area contributed by atoms with Crippen LogP contribution in [0.4, 0.5) is 0 Å². The number of thiophene rings is 1. The molecule has 0 N–H and O–H groups in total. The summed E-state index contributed by atoms with van der Waals surface area (Å²) in [5.74, 6) is 0.725. The summed E-state index contributed by atoms with van der Waals surface area (Å²) in [6.07, 6.45) is 0. The van der Waals surface area contributed by atoms with E-state index in [1.165, 1.54) is 64.3 Å². The molecule has 0 fully saturated rings. The van der Waals surface area contributed by atoms with Gasteiger partial charge in [-0.25, -0.2) is 9.97 Å². The lowest BCUT2D eigenvalue weighted by Crippen LogP contribution is -2.14. The molecule has 0 spiro atoms. The first-order valence-corrected chi connectivity index (χ1v) is 18.0. The Hall–Kier alpha value is -5.90. The summed E-state index contributed by atoms with van der Waals surface area (Å²) >= 11 is 1.83. The zero-order chi connectivity index (χ0) is 33.4. The van der Waals surface area contributed by atoms with Crippen molar-refractivity contribution in [2.24, 2.45) is 0 Å². The fourth-order valence-corrected chi connectivity index (χ4v) is 9.13. The lowest BCUT2D eigenvalue weighted by molar-refractivity contribution is 0.661. The Morgan fingerprint density at radius 3 is 2.00 bits per heavy atom. The highest BCUT2D eigenvalue weighted by Crippen LogP contribution is 2.53. The van der Waals surface area contributed by atoms with E-state index >= 15 is 0 Å². The second kappa shape index (κ2) is 11.1. The molecule has 0 saturated heterocycles. The largest absolute Gasteiger partial charge is 0.228 e. The molecule has 2 heterocycles. The molecule has 236 valence electrons. The SMILES string of the molecule is CC1(C)c2cc3ccccc3cc2-c2c(-c3cccc(-c4cc(-c5cccc6sc7ccccc7c56)nc(-c5ccccc5)n4)c3)cccc21. The van der Waals surface area contributed by atoms with Crippen molar-refractivity contribution in [2.45, 2.75) is 19.3 Å². The van der Waals surface area contributed by atoms with Crippen LogP contribution >= 0.6 is 11.3 Å². The van der Waals surface area contributed by atoms with Gasteiger partial charge in [-0.05, 0) is 80.6 Å². The third kappa shape index (κ3) is 4.47. The molecule has 0 aliphatic heterocycles. The van der Waals surface area contributed by atoms with Gasteiger partial charge in [0, 0.05) is 42.3 Å². The molecule has 7 aromatic carbocycles. The number of hydrogen-bond acceptors (Lipinski definition) is 3. The standard InChI is InChI=1S/C47H32N2S/c1-47(2)38-22-11-20-34(44(38)37-26-30-15-6-7-16-31(30)27-39(37)47)32-17-10-18-33(25-32)40-28-41(49-46(48-40)29-13-4-3-5-14-29)35-21-12-24-43-45(35)36-19-8-9-23-42(36)50-43/h3-28H,1-2H3. The van der Waals surface area contributed by atoms with Crippen LogP contribution in [0, 0.1) is 0 Å². The van der Waals surface area contributed by atoms with Crippen LogP contribution in [0.3, 0.4) is 0 Å². The van der Waals surface area contributed by atoms with Gasteiger partial charge < -0.3 is 0 Å². The summed E-state index contributed by atoms with van der Waals surface area (Å²) in [7, 11) is 0. The number of hydrogen-bond donors (Lipinski definition) is 0. The topological polar surface area (TPSA) is 25.8 Å². The van der Waals surface area contributed by atoms with Crippen LogP contribution in [-0.2, 0) is 5.41 Å². The molecule has 0 bridgehead atoms. The molecule has 2 nitrogen and oxygen atoms in total. The summed E-state index contributed by atoms with van der Waals surface area (Å²) in [5.41, 5.74) is 12.8. The molecule has 2 aromatic heterocycles. The van der Waals surface area contributed by atoms with Gasteiger partial charge in [0.2, 0.25) is 0 Å². The van der Waals surface area contributed by atoms with Crippen molar-refractivity contribution in [2.75, 3.05) is 0 Å². The molecule has 0 unspecified atom stereocenters. The van der Waals surface area contributed by atoms with Crippen molar-refractivity contribution in [1.82, 2.24) is 9.97 Å². The van der Waals surface area contributed by atoms with Gasteiger partial charge in [-0.2, -0.15) is 0 Å². The minimum absolute atomic E-state index is 0.0959. The number of rotatable bonds is 4. The maximum absolute atomic E-state index is 5.22. The zero-order valence-corrected chi connectivity index (χ0v) is 28.6. The normalized spacial score (nSPS) is 13.2. The summed E-state index contributed by atoms with van der Waals surface area (Å²) in [5, 5.41) is 5.07. The molecule has 10 rings (SSSR count). The summed E-state index contributed by atoms with van der Waals surface area (Å²) in [4.78, 5) is 10.4. The van der Waals surface area contributed by atoms with Crippen molar-refractivity contribution in [3.8, 4) is 56.2 Å². The van der Waals surface area contributed by atoms with Crippen LogP contribution in [0.2, 0.25) is 0 Å². The van der Waals surface area contributed by atoms with Gasteiger partial charge in [-0.15, -0.1) is 11.3 Å². The molecule has 3 heteroatoms. The van der Waals surface area contributed by atoms with Gasteiger partial charge in [0.05, 0.1) is 11.4 Å². The highest BCUT2D eigenvalue weighted by molar-refractivity contribution is 7.25. The van der Waals surface area contributed by atoms with Crippen molar-refractivity contribution >= 4 is 42.3 Å². The molecule has 1 aliphatic carbocycles. The number of aromatic nitrogens is 2. The second-order valence-corrected chi connectivity index (χ2v) is 14.9. The minimum atomic E-state index is -0.0959. The third-order valence-electron chi connectivity index (χ3n) is 10.5. The predicted molar refractivity (Wildman–Crippen MR) is 212 cm³/mol. The van der Waals surface area contributed by atoms with Crippen LogP contribution in [-0.4, -0.2) is 9.97 Å². The van der Waals surface area contributed by atoms with Gasteiger partial charge in [0.25, 0.3) is 0 Å². The molecule has 0 radical (unpaired) electrons. The fraction of sp³-hybridized carbons (Fsp3) is 0.0638. The first kappa shape index (κ1) is 29.1. The van der Waals surface area contributed by atoms with E-state index < -0.39 is 0 Å². The van der Waals surface area contributed by atoms with E-state index in [1.807, 2.05) is 17.4 Å². The quantitative estimate of drug-likeness (QED) is 0.188. The monoisotopic (exact) mass is 656 g/mol. The van der Waals surface area contributed by atoms with Crippen molar-refractivity contribution in [1.29, 1.82) is 0 Å². The van der Waals surface area contributed by atoms with E-state index in [0.717, 1.165) is 33.9 Å². The summed E-state index contributed by atoms with van der Waals surface area (Å²) in [6, 6.07) is 56.9. The van der Waals surface area contributed by atoms with E-state index in [1.54, 1.807) is 0 Å². The zero-order valence-electron chi connectivity index (χ0n) is 27.8. The molecular formula is C47H32N2S. The summed E-state index contributed by atoms with van der Waals surface area (Å²) in [6.45, 7) is 4.72. The molecule has 50 heavy (non-hydrogen) atoms. The van der Waals surface area contributed by atoms with Crippen LogP contribution < -0.4 is 0 Å². The Morgan fingerprint density at radius 2 is 1.12 bits per heavy atom. The number of fused-ring (bicyclic) bond motifs is 7. The average molecular weight is 657 g/mol. The van der Waals surface area contributed by atoms with Crippen molar-refractivity contribution in [3.05, 3.63) is 169 Å². The van der Waals surface area contributed by atoms with Crippen LogP contribution in [0.5, 0.6) is 0 Å². The number of benzene rings is 7. The van der Waals surface area contributed by atoms with Gasteiger partial charge in [-0.3, -0.25) is 0 Å². The van der Waals surface area contributed by atoms with E-state index in [0.29, 0.717) is 0 Å². The smallest absolute Gasteiger partial charge is 0.160 e. The average Bonchev–Trinajstić information content (AvgIpc) is 3.66. The Labute approximate surface area is 295 Å². The van der Waals surface area contributed by atoms with Gasteiger partial charge >= 0.3 is 0 Å². The Kier molecular flexibility index (Phi) is 6.43. The molecule has 9 aromatic rings. The maximum atomic E-state index is 5.22. The molecule has 0 saturated carbocycles. The van der Waals surface area contributed by atoms with Gasteiger partial charge in [0.1, 0.15) is 0 Å². The highest BCUT2D eigenvalue weighted by atomic mass is 32.1. The van der Waals surface area contributed by atoms with Crippen molar-refractivity contribution in [3.63, 3.8) is 0 Å². The van der Waals surface area contributed by atoms with Crippen LogP contribution in [0.25, 0.3) is 87.1 Å². The first-order valence-electron chi connectivity index (χ1n) is 17.2. The van der Waals surface area contributed by atoms with E-state index in [4.69, 9.17) is 9.97 Å². The molecule has 1 aliphatic rings. The summed E-state index contributed by atoms with van der Waals surface area (Å²) < 4.78 is 2.55.